The minimum Gasteiger partial charge on any atom is -0.460 e. The lowest BCUT2D eigenvalue weighted by Gasteiger charge is -2.07. The molecule has 0 rings (SSSR count). The Bertz CT molecular complexity index is 187. The summed E-state index contributed by atoms with van der Waals surface area (Å²) in [7, 11) is 0. The fourth-order valence-electron chi connectivity index (χ4n) is 0.348. The molecule has 0 aromatic rings. The lowest BCUT2D eigenvalue weighted by atomic mass is 10.3. The fourth-order valence-corrected chi connectivity index (χ4v) is 0.348. The predicted octanol–water partition coefficient (Wildman–Crippen LogP) is 0.651. The Hall–Kier alpha value is -1.13. The van der Waals surface area contributed by atoms with Crippen LogP contribution in [-0.4, -0.2) is 35.5 Å². The van der Waals surface area contributed by atoms with Crippen LogP contribution in [0, 0.1) is 0 Å². The van der Waals surface area contributed by atoms with Gasteiger partial charge in [0, 0.05) is 5.57 Å². The molecule has 2 N–H and O–H groups in total. The van der Waals surface area contributed by atoms with Crippen molar-refractivity contribution in [2.75, 3.05) is 13.2 Å². The molecule has 82 valence electrons. The van der Waals surface area contributed by atoms with Gasteiger partial charge in [0.15, 0.2) is 0 Å². The van der Waals surface area contributed by atoms with Gasteiger partial charge < -0.3 is 14.9 Å². The zero-order valence-corrected chi connectivity index (χ0v) is 8.69. The third kappa shape index (κ3) is 10.9. The van der Waals surface area contributed by atoms with E-state index >= 15 is 0 Å². The predicted molar refractivity (Wildman–Crippen MR) is 54.7 cm³/mol. The van der Waals surface area contributed by atoms with Crippen molar-refractivity contribution in [3.05, 3.63) is 24.8 Å². The first kappa shape index (κ1) is 15.3. The quantitative estimate of drug-likeness (QED) is 0.399. The summed E-state index contributed by atoms with van der Waals surface area (Å²) < 4.78 is 4.51. The first-order chi connectivity index (χ1) is 6.49. The van der Waals surface area contributed by atoms with E-state index in [4.69, 9.17) is 10.2 Å². The first-order valence-electron chi connectivity index (χ1n) is 4.18. The van der Waals surface area contributed by atoms with Crippen LogP contribution in [0.25, 0.3) is 0 Å². The second kappa shape index (κ2) is 9.95. The highest BCUT2D eigenvalue weighted by molar-refractivity contribution is 5.86. The molecule has 0 amide bonds. The topological polar surface area (TPSA) is 66.8 Å². The van der Waals surface area contributed by atoms with E-state index in [0.717, 1.165) is 0 Å². The maximum atomic E-state index is 10.6. The molecule has 14 heavy (non-hydrogen) atoms. The van der Waals surface area contributed by atoms with Gasteiger partial charge in [-0.15, -0.1) is 6.58 Å². The van der Waals surface area contributed by atoms with Gasteiger partial charge in [-0.2, -0.15) is 0 Å². The van der Waals surface area contributed by atoms with Crippen molar-refractivity contribution in [1.82, 2.24) is 0 Å². The highest BCUT2D eigenvalue weighted by Crippen LogP contribution is 1.93. The standard InChI is InChI=1S/C7H12O4.C3H6/c1-5(2)7(10)11-4-6(9)3-8;1-3-2/h6,8-9H,1,3-4H2,2H3;3H,1H2,2H3. The molecule has 1 atom stereocenters. The molecule has 0 saturated heterocycles. The van der Waals surface area contributed by atoms with E-state index in [2.05, 4.69) is 17.9 Å². The summed E-state index contributed by atoms with van der Waals surface area (Å²) in [5.74, 6) is -0.558. The fraction of sp³-hybridized carbons (Fsp3) is 0.500. The normalized spacial score (nSPS) is 10.6. The molecule has 0 aliphatic rings. The minimum absolute atomic E-state index is 0.192. The second-order valence-electron chi connectivity index (χ2n) is 2.62. The van der Waals surface area contributed by atoms with Crippen LogP contribution < -0.4 is 0 Å². The van der Waals surface area contributed by atoms with Gasteiger partial charge in [-0.25, -0.2) is 4.79 Å². The van der Waals surface area contributed by atoms with Gasteiger partial charge in [0.25, 0.3) is 0 Å². The van der Waals surface area contributed by atoms with Crippen LogP contribution in [0.15, 0.2) is 24.8 Å². The lowest BCUT2D eigenvalue weighted by molar-refractivity contribution is -0.142. The van der Waals surface area contributed by atoms with Crippen molar-refractivity contribution in [2.45, 2.75) is 20.0 Å². The number of esters is 1. The molecule has 1 unspecified atom stereocenters. The first-order valence-corrected chi connectivity index (χ1v) is 4.18. The van der Waals surface area contributed by atoms with Crippen LogP contribution in [0.3, 0.4) is 0 Å². The maximum absolute atomic E-state index is 10.6. The van der Waals surface area contributed by atoms with Crippen LogP contribution >= 0.6 is 0 Å². The van der Waals surface area contributed by atoms with E-state index in [1.165, 1.54) is 6.92 Å². The molecule has 4 nitrogen and oxygen atoms in total. The van der Waals surface area contributed by atoms with Crippen LogP contribution in [0.4, 0.5) is 0 Å². The Labute approximate surface area is 84.5 Å². The number of hydrogen-bond donors (Lipinski definition) is 2. The van der Waals surface area contributed by atoms with E-state index in [-0.39, 0.29) is 12.2 Å². The summed E-state index contributed by atoms with van der Waals surface area (Å²) in [5, 5.41) is 17.1. The third-order valence-electron chi connectivity index (χ3n) is 0.966. The summed E-state index contributed by atoms with van der Waals surface area (Å²) in [6.45, 7) is 9.49. The molecule has 0 fully saturated rings. The highest BCUT2D eigenvalue weighted by atomic mass is 16.5. The van der Waals surface area contributed by atoms with Gasteiger partial charge >= 0.3 is 5.97 Å². The van der Waals surface area contributed by atoms with Gasteiger partial charge in [0.2, 0.25) is 0 Å². The van der Waals surface area contributed by atoms with Crippen molar-refractivity contribution >= 4 is 5.97 Å². The molecule has 0 heterocycles. The monoisotopic (exact) mass is 202 g/mol. The third-order valence-corrected chi connectivity index (χ3v) is 0.966. The average Bonchev–Trinajstić information content (AvgIpc) is 2.14. The molecule has 4 heteroatoms. The number of rotatable bonds is 4. The molecule has 0 radical (unpaired) electrons. The van der Waals surface area contributed by atoms with Crippen molar-refractivity contribution in [2.24, 2.45) is 0 Å². The van der Waals surface area contributed by atoms with E-state index in [0.29, 0.717) is 0 Å². The molecule has 0 aromatic heterocycles. The van der Waals surface area contributed by atoms with E-state index in [1.807, 2.05) is 6.92 Å². The van der Waals surface area contributed by atoms with E-state index in [1.54, 1.807) is 6.08 Å². The van der Waals surface area contributed by atoms with Gasteiger partial charge in [-0.3, -0.25) is 0 Å². The molecule has 0 bridgehead atoms. The average molecular weight is 202 g/mol. The van der Waals surface area contributed by atoms with Crippen molar-refractivity contribution in [3.8, 4) is 0 Å². The maximum Gasteiger partial charge on any atom is 0.333 e. The van der Waals surface area contributed by atoms with Crippen LogP contribution in [0.1, 0.15) is 13.8 Å². The minimum atomic E-state index is -1.00. The Kier molecular flexibility index (Phi) is 10.9. The zero-order valence-electron chi connectivity index (χ0n) is 8.69. The van der Waals surface area contributed by atoms with Gasteiger partial charge in [-0.05, 0) is 13.8 Å². The largest absolute Gasteiger partial charge is 0.460 e. The van der Waals surface area contributed by atoms with E-state index < -0.39 is 18.7 Å². The van der Waals surface area contributed by atoms with Crippen LogP contribution in [0.2, 0.25) is 0 Å². The number of carbonyl (C=O) groups is 1. The smallest absolute Gasteiger partial charge is 0.333 e. The SMILES string of the molecule is C=C(C)C(=O)OCC(O)CO.C=CC. The van der Waals surface area contributed by atoms with Gasteiger partial charge in [-0.1, -0.05) is 12.7 Å². The molecular weight excluding hydrogens is 184 g/mol. The summed E-state index contributed by atoms with van der Waals surface area (Å²) in [6.07, 6.45) is 0.748. The van der Waals surface area contributed by atoms with Crippen molar-refractivity contribution < 1.29 is 19.7 Å². The molecule has 0 aromatic carbocycles. The molecule has 0 aliphatic carbocycles. The summed E-state index contributed by atoms with van der Waals surface area (Å²) in [4.78, 5) is 10.6. The molecular formula is C10H18O4. The Morgan fingerprint density at radius 2 is 2.07 bits per heavy atom. The summed E-state index contributed by atoms with van der Waals surface area (Å²) >= 11 is 0. The number of ether oxygens (including phenoxy) is 1. The lowest BCUT2D eigenvalue weighted by Crippen LogP contribution is -2.22. The van der Waals surface area contributed by atoms with E-state index in [9.17, 15) is 4.79 Å². The Morgan fingerprint density at radius 1 is 1.64 bits per heavy atom. The zero-order chi connectivity index (χ0) is 11.6. The van der Waals surface area contributed by atoms with Gasteiger partial charge in [0.05, 0.1) is 6.61 Å². The Balaban J connectivity index is 0. The molecule has 0 aliphatic heterocycles. The second-order valence-corrected chi connectivity index (χ2v) is 2.62. The number of carbonyl (C=O) groups excluding carboxylic acids is 1. The number of hydrogen-bond acceptors (Lipinski definition) is 4. The summed E-state index contributed by atoms with van der Waals surface area (Å²) in [5.41, 5.74) is 0.273. The van der Waals surface area contributed by atoms with Crippen molar-refractivity contribution in [1.29, 1.82) is 0 Å². The number of allylic oxidation sites excluding steroid dienone is 1. The highest BCUT2D eigenvalue weighted by Gasteiger charge is 2.07. The number of aliphatic hydroxyl groups is 2. The van der Waals surface area contributed by atoms with Crippen molar-refractivity contribution in [3.63, 3.8) is 0 Å². The summed E-state index contributed by atoms with van der Waals surface area (Å²) in [6, 6.07) is 0. The molecule has 0 saturated carbocycles. The van der Waals surface area contributed by atoms with Crippen LogP contribution in [0.5, 0.6) is 0 Å². The Morgan fingerprint density at radius 3 is 2.36 bits per heavy atom. The number of aliphatic hydroxyl groups excluding tert-OH is 2. The molecule has 0 spiro atoms. The van der Waals surface area contributed by atoms with Crippen LogP contribution in [-0.2, 0) is 9.53 Å². The van der Waals surface area contributed by atoms with Gasteiger partial charge in [0.1, 0.15) is 12.7 Å².